The summed E-state index contributed by atoms with van der Waals surface area (Å²) in [6.45, 7) is 9.71. The summed E-state index contributed by atoms with van der Waals surface area (Å²) in [6, 6.07) is 91.4. The Morgan fingerprint density at radius 1 is 0.296 bits per heavy atom. The SMILES string of the molecule is CC1(C)c2ccccc2N2c3ccc(-c4ccc(N(c5ccccc5)c5ccccc5)c5ccccc45)cc3C(C)(C)c3cc(-c4ccc(N(c5ccccc5)c5ccccc5)c5ccccc45)cc1c32. The Labute approximate surface area is 417 Å². The standard InChI is InChI=1S/C68H53N3/c1-67(2)58-35-21-22-36-64(58)71-65-40-37-46(52-38-41-62(56-33-19-17-31-54(52)56)69(48-23-9-5-10-24-48)49-25-11-6-12-26-49)43-59(65)68(3,4)61-45-47(44-60(67)66(61)71)53-39-42-63(57-34-20-18-32-55(53)57)70(50-27-13-7-14-28-50)51-29-15-8-16-30-51/h5-45H,1-4H3. The van der Waals surface area contributed by atoms with Gasteiger partial charge in [-0.05, 0) is 146 Å². The number of rotatable bonds is 8. The summed E-state index contributed by atoms with van der Waals surface area (Å²) in [5.41, 5.74) is 20.2. The van der Waals surface area contributed by atoms with Crippen molar-refractivity contribution in [2.45, 2.75) is 38.5 Å². The Kier molecular flexibility index (Phi) is 9.86. The average molecular weight is 912 g/mol. The van der Waals surface area contributed by atoms with E-state index in [-0.39, 0.29) is 10.8 Å². The van der Waals surface area contributed by atoms with Gasteiger partial charge >= 0.3 is 0 Å². The molecular weight excluding hydrogens is 859 g/mol. The van der Waals surface area contributed by atoms with Crippen molar-refractivity contribution < 1.29 is 0 Å². The first-order valence-corrected chi connectivity index (χ1v) is 24.9. The molecule has 2 heterocycles. The summed E-state index contributed by atoms with van der Waals surface area (Å²) >= 11 is 0. The van der Waals surface area contributed by atoms with Crippen molar-refractivity contribution in [1.29, 1.82) is 0 Å². The molecule has 0 saturated carbocycles. The second kappa shape index (κ2) is 16.5. The smallest absolute Gasteiger partial charge is 0.0544 e. The lowest BCUT2D eigenvalue weighted by Crippen LogP contribution is -2.38. The van der Waals surface area contributed by atoms with E-state index in [0.717, 1.165) is 34.1 Å². The van der Waals surface area contributed by atoms with Crippen LogP contribution >= 0.6 is 0 Å². The van der Waals surface area contributed by atoms with Gasteiger partial charge in [0.2, 0.25) is 0 Å². The van der Waals surface area contributed by atoms with Crippen molar-refractivity contribution in [2.75, 3.05) is 14.7 Å². The van der Waals surface area contributed by atoms with E-state index in [9.17, 15) is 0 Å². The fourth-order valence-electron chi connectivity index (χ4n) is 11.9. The van der Waals surface area contributed by atoms with Crippen LogP contribution in [-0.4, -0.2) is 0 Å². The molecule has 3 nitrogen and oxygen atoms in total. The lowest BCUT2D eigenvalue weighted by Gasteiger charge is -2.50. The molecule has 2 aliphatic heterocycles. The lowest BCUT2D eigenvalue weighted by molar-refractivity contribution is 0.598. The van der Waals surface area contributed by atoms with Gasteiger partial charge in [0, 0.05) is 44.4 Å². The van der Waals surface area contributed by atoms with Crippen LogP contribution in [0.3, 0.4) is 0 Å². The Morgan fingerprint density at radius 3 is 1.14 bits per heavy atom. The van der Waals surface area contributed by atoms with E-state index in [2.05, 4.69) is 291 Å². The topological polar surface area (TPSA) is 9.72 Å². The van der Waals surface area contributed by atoms with Gasteiger partial charge in [-0.15, -0.1) is 0 Å². The molecule has 0 atom stereocenters. The van der Waals surface area contributed by atoms with Gasteiger partial charge in [0.1, 0.15) is 0 Å². The minimum Gasteiger partial charge on any atom is -0.310 e. The molecular formula is C68H53N3. The average Bonchev–Trinajstić information content (AvgIpc) is 3.42. The Morgan fingerprint density at radius 2 is 0.662 bits per heavy atom. The van der Waals surface area contributed by atoms with Gasteiger partial charge in [-0.25, -0.2) is 0 Å². The Bertz CT molecular complexity index is 3740. The second-order valence-corrected chi connectivity index (χ2v) is 20.1. The van der Waals surface area contributed by atoms with Crippen molar-refractivity contribution in [3.05, 3.63) is 271 Å². The molecule has 0 N–H and O–H groups in total. The number of benzene rings is 11. The van der Waals surface area contributed by atoms with E-state index in [0.29, 0.717) is 0 Å². The van der Waals surface area contributed by atoms with E-state index in [1.165, 1.54) is 83.1 Å². The zero-order valence-electron chi connectivity index (χ0n) is 40.5. The molecule has 0 radical (unpaired) electrons. The highest BCUT2D eigenvalue weighted by atomic mass is 15.2. The predicted octanol–water partition coefficient (Wildman–Crippen LogP) is 19.0. The number of anilines is 9. The lowest BCUT2D eigenvalue weighted by atomic mass is 9.65. The summed E-state index contributed by atoms with van der Waals surface area (Å²) in [4.78, 5) is 7.34. The normalized spacial score (nSPS) is 13.8. The number of hydrogen-bond donors (Lipinski definition) is 0. The van der Waals surface area contributed by atoms with Gasteiger partial charge in [-0.1, -0.05) is 185 Å². The van der Waals surface area contributed by atoms with Crippen LogP contribution in [0.4, 0.5) is 51.2 Å². The summed E-state index contributed by atoms with van der Waals surface area (Å²) in [5, 5.41) is 4.86. The highest BCUT2D eigenvalue weighted by molar-refractivity contribution is 6.09. The van der Waals surface area contributed by atoms with Gasteiger partial charge in [-0.3, -0.25) is 0 Å². The van der Waals surface area contributed by atoms with E-state index in [1.807, 2.05) is 0 Å². The summed E-state index contributed by atoms with van der Waals surface area (Å²) in [5.74, 6) is 0. The maximum atomic E-state index is 2.58. The molecule has 0 amide bonds. The number of nitrogens with zero attached hydrogens (tertiary/aromatic N) is 3. The van der Waals surface area contributed by atoms with E-state index >= 15 is 0 Å². The van der Waals surface area contributed by atoms with Gasteiger partial charge in [-0.2, -0.15) is 0 Å². The third kappa shape index (κ3) is 6.72. The monoisotopic (exact) mass is 911 g/mol. The van der Waals surface area contributed by atoms with E-state index in [4.69, 9.17) is 0 Å². The minimum atomic E-state index is -0.357. The van der Waals surface area contributed by atoms with Gasteiger partial charge in [0.05, 0.1) is 28.4 Å². The number of hydrogen-bond acceptors (Lipinski definition) is 3. The van der Waals surface area contributed by atoms with Crippen molar-refractivity contribution in [3.8, 4) is 22.3 Å². The molecule has 0 bridgehead atoms. The third-order valence-corrected chi connectivity index (χ3v) is 15.4. The van der Waals surface area contributed by atoms with Crippen LogP contribution in [0.25, 0.3) is 43.8 Å². The third-order valence-electron chi connectivity index (χ3n) is 15.4. The molecule has 0 spiro atoms. The minimum absolute atomic E-state index is 0.262. The molecule has 0 saturated heterocycles. The summed E-state index contributed by atoms with van der Waals surface area (Å²) in [6.07, 6.45) is 0. The van der Waals surface area contributed by atoms with Gasteiger partial charge in [0.15, 0.2) is 0 Å². The fraction of sp³-hybridized carbons (Fsp3) is 0.0882. The second-order valence-electron chi connectivity index (χ2n) is 20.1. The predicted molar refractivity (Wildman–Crippen MR) is 301 cm³/mol. The first kappa shape index (κ1) is 42.4. The van der Waals surface area contributed by atoms with Crippen molar-refractivity contribution in [1.82, 2.24) is 0 Å². The molecule has 11 aromatic carbocycles. The van der Waals surface area contributed by atoms with Crippen LogP contribution in [0, 0.1) is 0 Å². The molecule has 3 heteroatoms. The molecule has 0 unspecified atom stereocenters. The first-order chi connectivity index (χ1) is 34.8. The van der Waals surface area contributed by atoms with Crippen LogP contribution in [0.15, 0.2) is 249 Å². The molecule has 71 heavy (non-hydrogen) atoms. The maximum Gasteiger partial charge on any atom is 0.0544 e. The zero-order valence-corrected chi connectivity index (χ0v) is 40.5. The highest BCUT2D eigenvalue weighted by Crippen LogP contribution is 2.61. The van der Waals surface area contributed by atoms with E-state index in [1.54, 1.807) is 0 Å². The quantitative estimate of drug-likeness (QED) is 0.150. The van der Waals surface area contributed by atoms with E-state index < -0.39 is 0 Å². The van der Waals surface area contributed by atoms with Crippen LogP contribution in [0.2, 0.25) is 0 Å². The van der Waals surface area contributed by atoms with Crippen LogP contribution in [-0.2, 0) is 10.8 Å². The zero-order chi connectivity index (χ0) is 47.8. The Balaban J connectivity index is 0.996. The molecule has 0 aromatic heterocycles. The molecule has 0 aliphatic carbocycles. The van der Waals surface area contributed by atoms with Crippen LogP contribution in [0.5, 0.6) is 0 Å². The molecule has 13 rings (SSSR count). The number of fused-ring (bicyclic) bond motifs is 6. The summed E-state index contributed by atoms with van der Waals surface area (Å²) < 4.78 is 0. The molecule has 0 fully saturated rings. The van der Waals surface area contributed by atoms with Crippen LogP contribution in [0.1, 0.15) is 49.9 Å². The van der Waals surface area contributed by atoms with Crippen molar-refractivity contribution in [2.24, 2.45) is 0 Å². The fourth-order valence-corrected chi connectivity index (χ4v) is 11.9. The highest BCUT2D eigenvalue weighted by Gasteiger charge is 2.46. The molecule has 2 aliphatic rings. The molecule has 340 valence electrons. The maximum absolute atomic E-state index is 2.58. The first-order valence-electron chi connectivity index (χ1n) is 24.9. The Hall–Kier alpha value is -8.66. The summed E-state index contributed by atoms with van der Waals surface area (Å²) in [7, 11) is 0. The van der Waals surface area contributed by atoms with Crippen molar-refractivity contribution >= 4 is 72.7 Å². The van der Waals surface area contributed by atoms with Gasteiger partial charge < -0.3 is 14.7 Å². The van der Waals surface area contributed by atoms with Crippen molar-refractivity contribution in [3.63, 3.8) is 0 Å². The van der Waals surface area contributed by atoms with Crippen LogP contribution < -0.4 is 14.7 Å². The largest absolute Gasteiger partial charge is 0.310 e. The number of para-hydroxylation sites is 5. The molecule has 11 aromatic rings. The van der Waals surface area contributed by atoms with Gasteiger partial charge in [0.25, 0.3) is 0 Å².